The molecule has 3 aromatic rings. The average Bonchev–Trinajstić information content (AvgIpc) is 3.03. The van der Waals surface area contributed by atoms with Crippen LogP contribution in [0.5, 0.6) is 0 Å². The second-order valence-electron chi connectivity index (χ2n) is 5.22. The van der Waals surface area contributed by atoms with Crippen LogP contribution in [0.15, 0.2) is 59.6 Å². The van der Waals surface area contributed by atoms with Crippen LogP contribution in [0.2, 0.25) is 5.02 Å². The summed E-state index contributed by atoms with van der Waals surface area (Å²) in [5.41, 5.74) is 2.71. The fourth-order valence-electron chi connectivity index (χ4n) is 2.89. The van der Waals surface area contributed by atoms with Crippen molar-refractivity contribution in [2.75, 3.05) is 0 Å². The van der Waals surface area contributed by atoms with Crippen LogP contribution < -0.4 is 0 Å². The van der Waals surface area contributed by atoms with E-state index in [1.54, 1.807) is 0 Å². The smallest absolute Gasteiger partial charge is 0.0495 e. The van der Waals surface area contributed by atoms with Crippen LogP contribution >= 0.6 is 23.4 Å². The lowest BCUT2D eigenvalue weighted by Gasteiger charge is -2.11. The molecule has 0 saturated heterocycles. The number of fused-ring (bicyclic) bond motifs is 2. The first-order valence-electron chi connectivity index (χ1n) is 6.78. The third kappa shape index (κ3) is 2.13. The normalized spacial score (nSPS) is 17.6. The fourth-order valence-corrected chi connectivity index (χ4v) is 4.37. The van der Waals surface area contributed by atoms with E-state index < -0.39 is 0 Å². The van der Waals surface area contributed by atoms with Crippen LogP contribution in [-0.4, -0.2) is 9.82 Å². The first kappa shape index (κ1) is 12.4. The Morgan fingerprint density at radius 3 is 2.95 bits per heavy atom. The first-order valence-corrected chi connectivity index (χ1v) is 8.04. The standard InChI is InChI=1S/C17H14ClNS/c18-14-6-5-12-7-8-19(16(12)10-14)11-15-9-13-3-1-2-4-17(13)20-15/h1-8,10,15H,9,11H2. The predicted octanol–water partition coefficient (Wildman–Crippen LogP) is 5.01. The summed E-state index contributed by atoms with van der Waals surface area (Å²) >= 11 is 8.11. The van der Waals surface area contributed by atoms with E-state index in [-0.39, 0.29) is 0 Å². The molecule has 0 bridgehead atoms. The minimum absolute atomic E-state index is 0.613. The molecule has 1 aliphatic rings. The maximum Gasteiger partial charge on any atom is 0.0495 e. The molecule has 0 spiro atoms. The molecule has 1 aliphatic heterocycles. The Hall–Kier alpha value is -1.38. The highest BCUT2D eigenvalue weighted by Crippen LogP contribution is 2.38. The van der Waals surface area contributed by atoms with Crippen molar-refractivity contribution in [2.45, 2.75) is 23.1 Å². The molecule has 3 heteroatoms. The molecule has 100 valence electrons. The number of aromatic nitrogens is 1. The maximum atomic E-state index is 6.12. The van der Waals surface area contributed by atoms with Crippen LogP contribution in [0, 0.1) is 0 Å². The maximum absolute atomic E-state index is 6.12. The first-order chi connectivity index (χ1) is 9.79. The number of halogens is 1. The van der Waals surface area contributed by atoms with Crippen molar-refractivity contribution in [1.29, 1.82) is 0 Å². The lowest BCUT2D eigenvalue weighted by molar-refractivity contribution is 0.685. The molecular weight excluding hydrogens is 286 g/mol. The summed E-state index contributed by atoms with van der Waals surface area (Å²) < 4.78 is 2.32. The van der Waals surface area contributed by atoms with Gasteiger partial charge in [0.2, 0.25) is 0 Å². The number of benzene rings is 2. The van der Waals surface area contributed by atoms with E-state index >= 15 is 0 Å². The number of nitrogens with zero attached hydrogens (tertiary/aromatic N) is 1. The van der Waals surface area contributed by atoms with E-state index in [0.717, 1.165) is 18.0 Å². The van der Waals surface area contributed by atoms with Gasteiger partial charge in [0.1, 0.15) is 0 Å². The van der Waals surface area contributed by atoms with Gasteiger partial charge in [0, 0.05) is 33.4 Å². The van der Waals surface area contributed by atoms with Gasteiger partial charge in [0.05, 0.1) is 0 Å². The molecule has 0 fully saturated rings. The van der Waals surface area contributed by atoms with Gasteiger partial charge in [0.15, 0.2) is 0 Å². The number of hydrogen-bond donors (Lipinski definition) is 0. The monoisotopic (exact) mass is 299 g/mol. The summed E-state index contributed by atoms with van der Waals surface area (Å²) in [5, 5.41) is 2.68. The second kappa shape index (κ2) is 4.87. The Morgan fingerprint density at radius 2 is 2.05 bits per heavy atom. The Labute approximate surface area is 127 Å². The quantitative estimate of drug-likeness (QED) is 0.644. The Balaban J connectivity index is 1.62. The molecule has 0 amide bonds. The van der Waals surface area contributed by atoms with Crippen LogP contribution in [0.3, 0.4) is 0 Å². The summed E-state index contributed by atoms with van der Waals surface area (Å²) in [4.78, 5) is 1.44. The van der Waals surface area contributed by atoms with Gasteiger partial charge in [-0.05, 0) is 41.6 Å². The minimum atomic E-state index is 0.613. The number of thioether (sulfide) groups is 1. The molecule has 0 N–H and O–H groups in total. The van der Waals surface area contributed by atoms with Crippen molar-refractivity contribution < 1.29 is 0 Å². The zero-order valence-corrected chi connectivity index (χ0v) is 12.5. The molecular formula is C17H14ClNS. The van der Waals surface area contributed by atoms with Crippen molar-refractivity contribution in [2.24, 2.45) is 0 Å². The predicted molar refractivity (Wildman–Crippen MR) is 86.7 cm³/mol. The molecule has 4 rings (SSSR count). The summed E-state index contributed by atoms with van der Waals surface area (Å²) in [6.07, 6.45) is 3.33. The van der Waals surface area contributed by atoms with Crippen molar-refractivity contribution in [3.05, 3.63) is 65.3 Å². The van der Waals surface area contributed by atoms with E-state index in [0.29, 0.717) is 5.25 Å². The summed E-state index contributed by atoms with van der Waals surface area (Å²) in [7, 11) is 0. The topological polar surface area (TPSA) is 4.93 Å². The Bertz CT molecular complexity index is 753. The molecule has 1 unspecified atom stereocenters. The third-order valence-electron chi connectivity index (χ3n) is 3.85. The average molecular weight is 300 g/mol. The van der Waals surface area contributed by atoms with Crippen LogP contribution in [-0.2, 0) is 13.0 Å². The largest absolute Gasteiger partial charge is 0.346 e. The van der Waals surface area contributed by atoms with Gasteiger partial charge in [-0.2, -0.15) is 0 Å². The summed E-state index contributed by atoms with van der Waals surface area (Å²) in [5.74, 6) is 0. The van der Waals surface area contributed by atoms with E-state index in [1.165, 1.54) is 21.4 Å². The van der Waals surface area contributed by atoms with E-state index in [4.69, 9.17) is 11.6 Å². The lowest BCUT2D eigenvalue weighted by Crippen LogP contribution is -2.11. The lowest BCUT2D eigenvalue weighted by atomic mass is 10.1. The van der Waals surface area contributed by atoms with Gasteiger partial charge in [-0.3, -0.25) is 0 Å². The highest BCUT2D eigenvalue weighted by atomic mass is 35.5. The van der Waals surface area contributed by atoms with E-state index in [2.05, 4.69) is 53.2 Å². The Kier molecular flexibility index (Phi) is 3.01. The third-order valence-corrected chi connectivity index (χ3v) is 5.39. The van der Waals surface area contributed by atoms with Gasteiger partial charge < -0.3 is 4.57 Å². The summed E-state index contributed by atoms with van der Waals surface area (Å²) in [6, 6.07) is 17.0. The molecule has 2 aromatic carbocycles. The SMILES string of the molecule is Clc1ccc2ccn(CC3Cc4ccccc4S3)c2c1. The minimum Gasteiger partial charge on any atom is -0.346 e. The zero-order chi connectivity index (χ0) is 13.5. The van der Waals surface area contributed by atoms with Gasteiger partial charge in [-0.1, -0.05) is 35.9 Å². The van der Waals surface area contributed by atoms with Gasteiger partial charge in [-0.15, -0.1) is 11.8 Å². The summed E-state index contributed by atoms with van der Waals surface area (Å²) in [6.45, 7) is 1.03. The van der Waals surface area contributed by atoms with Crippen molar-refractivity contribution >= 4 is 34.3 Å². The molecule has 0 saturated carbocycles. The molecule has 0 radical (unpaired) electrons. The highest BCUT2D eigenvalue weighted by molar-refractivity contribution is 8.00. The number of rotatable bonds is 2. The van der Waals surface area contributed by atoms with Crippen molar-refractivity contribution in [3.8, 4) is 0 Å². The molecule has 1 nitrogen and oxygen atoms in total. The number of hydrogen-bond acceptors (Lipinski definition) is 1. The van der Waals surface area contributed by atoms with Gasteiger partial charge >= 0.3 is 0 Å². The molecule has 1 atom stereocenters. The van der Waals surface area contributed by atoms with Crippen LogP contribution in [0.1, 0.15) is 5.56 Å². The van der Waals surface area contributed by atoms with Crippen molar-refractivity contribution in [3.63, 3.8) is 0 Å². The zero-order valence-electron chi connectivity index (χ0n) is 10.9. The molecule has 20 heavy (non-hydrogen) atoms. The van der Waals surface area contributed by atoms with Gasteiger partial charge in [-0.25, -0.2) is 0 Å². The van der Waals surface area contributed by atoms with E-state index in [1.807, 2.05) is 17.8 Å². The van der Waals surface area contributed by atoms with E-state index in [9.17, 15) is 0 Å². The highest BCUT2D eigenvalue weighted by Gasteiger charge is 2.22. The molecule has 2 heterocycles. The Morgan fingerprint density at radius 1 is 1.15 bits per heavy atom. The van der Waals surface area contributed by atoms with Gasteiger partial charge in [0.25, 0.3) is 0 Å². The fraction of sp³-hybridized carbons (Fsp3) is 0.176. The van der Waals surface area contributed by atoms with Crippen molar-refractivity contribution in [1.82, 2.24) is 4.57 Å². The molecule has 0 aliphatic carbocycles. The van der Waals surface area contributed by atoms with Crippen LogP contribution in [0.25, 0.3) is 10.9 Å². The van der Waals surface area contributed by atoms with Crippen LogP contribution in [0.4, 0.5) is 0 Å². The second-order valence-corrected chi connectivity index (χ2v) is 7.00. The molecule has 1 aromatic heterocycles.